The van der Waals surface area contributed by atoms with Gasteiger partial charge in [0.15, 0.2) is 0 Å². The minimum Gasteiger partial charge on any atom is -0.507 e. The van der Waals surface area contributed by atoms with Gasteiger partial charge in [0.2, 0.25) is 10.0 Å². The van der Waals surface area contributed by atoms with Crippen molar-refractivity contribution in [2.45, 2.75) is 17.7 Å². The van der Waals surface area contributed by atoms with Crippen molar-refractivity contribution in [3.63, 3.8) is 0 Å². The van der Waals surface area contributed by atoms with Crippen LogP contribution >= 0.6 is 0 Å². The molecular formula is C17H16N2O3S. The third-order valence-electron chi connectivity index (χ3n) is 3.99. The number of rotatable bonds is 3. The fourth-order valence-corrected chi connectivity index (χ4v) is 4.28. The summed E-state index contributed by atoms with van der Waals surface area (Å²) in [4.78, 5) is 0.253. The van der Waals surface area contributed by atoms with E-state index in [9.17, 15) is 13.5 Å². The predicted molar refractivity (Wildman–Crippen MR) is 86.3 cm³/mol. The number of phenols is 1. The van der Waals surface area contributed by atoms with E-state index in [1.165, 1.54) is 10.4 Å². The van der Waals surface area contributed by atoms with Gasteiger partial charge in [-0.2, -0.15) is 9.57 Å². The average molecular weight is 328 g/mol. The summed E-state index contributed by atoms with van der Waals surface area (Å²) in [6.07, 6.45) is 1.78. The molecule has 0 unspecified atom stereocenters. The van der Waals surface area contributed by atoms with Crippen molar-refractivity contribution >= 4 is 10.0 Å². The van der Waals surface area contributed by atoms with Gasteiger partial charge in [-0.25, -0.2) is 8.42 Å². The largest absolute Gasteiger partial charge is 0.507 e. The highest BCUT2D eigenvalue weighted by Gasteiger charge is 2.27. The number of hydrogen-bond acceptors (Lipinski definition) is 4. The van der Waals surface area contributed by atoms with Gasteiger partial charge in [0.1, 0.15) is 11.8 Å². The van der Waals surface area contributed by atoms with Gasteiger partial charge in [0, 0.05) is 13.1 Å². The zero-order valence-electron chi connectivity index (χ0n) is 12.4. The maximum Gasteiger partial charge on any atom is 0.243 e. The first-order chi connectivity index (χ1) is 11.0. The van der Waals surface area contributed by atoms with Crippen LogP contribution in [0, 0.1) is 11.3 Å². The number of phenolic OH excluding ortho intramolecular Hbond substituents is 1. The van der Waals surface area contributed by atoms with Crippen LogP contribution in [0.5, 0.6) is 5.75 Å². The smallest absolute Gasteiger partial charge is 0.243 e. The molecule has 5 nitrogen and oxygen atoms in total. The minimum absolute atomic E-state index is 0.0860. The molecule has 0 bridgehead atoms. The van der Waals surface area contributed by atoms with Gasteiger partial charge in [-0.15, -0.1) is 0 Å². The summed E-state index contributed by atoms with van der Waals surface area (Å²) in [6.45, 7) is 1.12. The maximum atomic E-state index is 12.6. The lowest BCUT2D eigenvalue weighted by molar-refractivity contribution is 0.473. The van der Waals surface area contributed by atoms with E-state index in [-0.39, 0.29) is 16.2 Å². The number of sulfonamides is 1. The molecule has 1 aliphatic heterocycles. The van der Waals surface area contributed by atoms with Crippen LogP contribution < -0.4 is 0 Å². The lowest BCUT2D eigenvalue weighted by Crippen LogP contribution is -2.27. The molecule has 1 aliphatic rings. The topological polar surface area (TPSA) is 81.4 Å². The van der Waals surface area contributed by atoms with Crippen LogP contribution in [0.1, 0.15) is 18.4 Å². The molecule has 1 saturated heterocycles. The summed E-state index contributed by atoms with van der Waals surface area (Å²) in [7, 11) is -3.47. The van der Waals surface area contributed by atoms with Gasteiger partial charge in [-0.1, -0.05) is 18.2 Å². The van der Waals surface area contributed by atoms with Crippen LogP contribution in [0.4, 0.5) is 0 Å². The molecule has 2 aromatic carbocycles. The van der Waals surface area contributed by atoms with Crippen molar-refractivity contribution in [2.24, 2.45) is 0 Å². The summed E-state index contributed by atoms with van der Waals surface area (Å²) in [6, 6.07) is 13.3. The molecule has 0 atom stereocenters. The number of nitriles is 1. The van der Waals surface area contributed by atoms with Gasteiger partial charge in [0.25, 0.3) is 0 Å². The highest BCUT2D eigenvalue weighted by atomic mass is 32.2. The second kappa shape index (κ2) is 6.03. The normalized spacial score (nSPS) is 15.4. The number of nitrogens with zero attached hydrogens (tertiary/aromatic N) is 2. The Morgan fingerprint density at radius 1 is 1.04 bits per heavy atom. The van der Waals surface area contributed by atoms with Gasteiger partial charge >= 0.3 is 0 Å². The first-order valence-corrected chi connectivity index (χ1v) is 8.80. The van der Waals surface area contributed by atoms with E-state index in [1.807, 2.05) is 6.07 Å². The van der Waals surface area contributed by atoms with E-state index in [0.29, 0.717) is 24.2 Å². The Bertz CT molecular complexity index is 879. The minimum atomic E-state index is -3.47. The van der Waals surface area contributed by atoms with Gasteiger partial charge in [-0.3, -0.25) is 0 Å². The first-order valence-electron chi connectivity index (χ1n) is 7.36. The molecule has 0 aromatic heterocycles. The highest BCUT2D eigenvalue weighted by molar-refractivity contribution is 7.89. The summed E-state index contributed by atoms with van der Waals surface area (Å²) in [5.74, 6) is -0.0860. The van der Waals surface area contributed by atoms with Crippen molar-refractivity contribution < 1.29 is 13.5 Å². The van der Waals surface area contributed by atoms with Crippen LogP contribution in [0.25, 0.3) is 11.1 Å². The Labute approximate surface area is 135 Å². The van der Waals surface area contributed by atoms with E-state index >= 15 is 0 Å². The molecule has 1 fully saturated rings. The molecule has 0 saturated carbocycles. The Kier molecular flexibility index (Phi) is 4.07. The Hall–Kier alpha value is -2.36. The lowest BCUT2D eigenvalue weighted by atomic mass is 10.0. The van der Waals surface area contributed by atoms with Gasteiger partial charge in [0.05, 0.1) is 10.5 Å². The summed E-state index contributed by atoms with van der Waals surface area (Å²) >= 11 is 0. The van der Waals surface area contributed by atoms with Crippen molar-refractivity contribution in [2.75, 3.05) is 13.1 Å². The van der Waals surface area contributed by atoms with Crippen LogP contribution in [0.2, 0.25) is 0 Å². The van der Waals surface area contributed by atoms with Crippen LogP contribution in [-0.2, 0) is 10.0 Å². The Morgan fingerprint density at radius 3 is 2.43 bits per heavy atom. The van der Waals surface area contributed by atoms with Crippen LogP contribution in [0.15, 0.2) is 47.4 Å². The molecule has 118 valence electrons. The van der Waals surface area contributed by atoms with Gasteiger partial charge in [-0.05, 0) is 48.2 Å². The fraction of sp³-hybridized carbons (Fsp3) is 0.235. The van der Waals surface area contributed by atoms with Crippen molar-refractivity contribution in [1.29, 1.82) is 5.26 Å². The van der Waals surface area contributed by atoms with E-state index in [4.69, 9.17) is 5.26 Å². The summed E-state index contributed by atoms with van der Waals surface area (Å²) in [5, 5.41) is 18.6. The maximum absolute atomic E-state index is 12.6. The van der Waals surface area contributed by atoms with E-state index < -0.39 is 10.0 Å². The molecule has 1 N–H and O–H groups in total. The Balaban J connectivity index is 2.02. The summed E-state index contributed by atoms with van der Waals surface area (Å²) in [5.41, 5.74) is 1.55. The van der Waals surface area contributed by atoms with E-state index in [2.05, 4.69) is 0 Å². The molecule has 2 aromatic rings. The van der Waals surface area contributed by atoms with Crippen molar-refractivity contribution in [1.82, 2.24) is 4.31 Å². The molecule has 0 spiro atoms. The number of aromatic hydroxyl groups is 1. The molecule has 6 heteroatoms. The van der Waals surface area contributed by atoms with Crippen LogP contribution in [0.3, 0.4) is 0 Å². The Morgan fingerprint density at radius 2 is 1.74 bits per heavy atom. The third kappa shape index (κ3) is 2.93. The van der Waals surface area contributed by atoms with Gasteiger partial charge < -0.3 is 5.11 Å². The first kappa shape index (κ1) is 15.5. The third-order valence-corrected chi connectivity index (χ3v) is 5.88. The molecule has 0 amide bonds. The molecular weight excluding hydrogens is 312 g/mol. The molecule has 23 heavy (non-hydrogen) atoms. The zero-order valence-corrected chi connectivity index (χ0v) is 13.3. The van der Waals surface area contributed by atoms with Crippen molar-refractivity contribution in [3.8, 4) is 22.9 Å². The monoisotopic (exact) mass is 328 g/mol. The number of hydrogen-bond donors (Lipinski definition) is 1. The standard InChI is InChI=1S/C17H16N2O3S/c18-12-15-10-14(6-7-17(15)20)13-4-3-5-16(11-13)23(21,22)19-8-1-2-9-19/h3-7,10-11,20H,1-2,8-9H2. The SMILES string of the molecule is N#Cc1cc(-c2cccc(S(=O)(=O)N3CCCC3)c2)ccc1O. The highest BCUT2D eigenvalue weighted by Crippen LogP contribution is 2.28. The quantitative estimate of drug-likeness (QED) is 0.939. The fourth-order valence-electron chi connectivity index (χ4n) is 2.72. The molecule has 0 aliphatic carbocycles. The van der Waals surface area contributed by atoms with E-state index in [0.717, 1.165) is 12.8 Å². The molecule has 3 rings (SSSR count). The second-order valence-corrected chi connectivity index (χ2v) is 7.42. The number of benzene rings is 2. The average Bonchev–Trinajstić information content (AvgIpc) is 3.11. The molecule has 0 radical (unpaired) electrons. The zero-order chi connectivity index (χ0) is 16.4. The van der Waals surface area contributed by atoms with Crippen LogP contribution in [-0.4, -0.2) is 30.9 Å². The predicted octanol–water partition coefficient (Wildman–Crippen LogP) is 2.72. The summed E-state index contributed by atoms with van der Waals surface area (Å²) < 4.78 is 26.8. The van der Waals surface area contributed by atoms with E-state index in [1.54, 1.807) is 36.4 Å². The second-order valence-electron chi connectivity index (χ2n) is 5.48. The molecule has 1 heterocycles. The lowest BCUT2D eigenvalue weighted by Gasteiger charge is -2.16. The van der Waals surface area contributed by atoms with Crippen molar-refractivity contribution in [3.05, 3.63) is 48.0 Å².